The number of carbonyl (C=O) groups excluding carboxylic acids is 1. The van der Waals surface area contributed by atoms with Crippen LogP contribution >= 0.6 is 0 Å². The van der Waals surface area contributed by atoms with E-state index in [0.29, 0.717) is 13.1 Å². The summed E-state index contributed by atoms with van der Waals surface area (Å²) in [5, 5.41) is 5.88. The van der Waals surface area contributed by atoms with Crippen LogP contribution in [0.3, 0.4) is 0 Å². The first kappa shape index (κ1) is 18.8. The molecule has 0 radical (unpaired) electrons. The fourth-order valence-electron chi connectivity index (χ4n) is 2.58. The van der Waals surface area contributed by atoms with E-state index in [2.05, 4.69) is 55.7 Å². The zero-order valence-electron chi connectivity index (χ0n) is 15.6. The van der Waals surface area contributed by atoms with Crippen LogP contribution in [0.5, 0.6) is 5.75 Å². The minimum Gasteiger partial charge on any atom is -0.497 e. The highest BCUT2D eigenvalue weighted by Crippen LogP contribution is 2.22. The molecule has 0 aliphatic carbocycles. The van der Waals surface area contributed by atoms with Crippen molar-refractivity contribution in [1.29, 1.82) is 0 Å². The van der Waals surface area contributed by atoms with Crippen molar-refractivity contribution in [3.8, 4) is 5.75 Å². The molecule has 0 aromatic heterocycles. The minimum absolute atomic E-state index is 0.110. The van der Waals surface area contributed by atoms with Crippen molar-refractivity contribution in [3.63, 3.8) is 0 Å². The molecule has 2 amide bonds. The number of benzene rings is 2. The van der Waals surface area contributed by atoms with Gasteiger partial charge in [-0.05, 0) is 36.6 Å². The summed E-state index contributed by atoms with van der Waals surface area (Å²) in [7, 11) is 1.65. The molecule has 134 valence electrons. The lowest BCUT2D eigenvalue weighted by Crippen LogP contribution is -2.42. The fourth-order valence-corrected chi connectivity index (χ4v) is 2.58. The second-order valence-corrected chi connectivity index (χ2v) is 6.96. The molecule has 0 fully saturated rings. The maximum atomic E-state index is 12.0. The number of hydrogen-bond acceptors (Lipinski definition) is 2. The Labute approximate surface area is 150 Å². The van der Waals surface area contributed by atoms with E-state index in [9.17, 15) is 4.79 Å². The monoisotopic (exact) mass is 340 g/mol. The lowest BCUT2D eigenvalue weighted by molar-refractivity contribution is 0.238. The maximum absolute atomic E-state index is 12.0. The Kier molecular flexibility index (Phi) is 6.45. The number of urea groups is 1. The SMILES string of the molecule is COc1ccc(CCNC(=O)NCC(C)(C)c2ccc(C)cc2)cc1. The van der Waals surface area contributed by atoms with Gasteiger partial charge in [0.05, 0.1) is 7.11 Å². The van der Waals surface area contributed by atoms with E-state index in [-0.39, 0.29) is 11.4 Å². The van der Waals surface area contributed by atoms with Crippen LogP contribution < -0.4 is 15.4 Å². The number of rotatable bonds is 7. The lowest BCUT2D eigenvalue weighted by atomic mass is 9.84. The fraction of sp³-hybridized carbons (Fsp3) is 0.381. The molecule has 0 unspecified atom stereocenters. The van der Waals surface area contributed by atoms with Gasteiger partial charge in [-0.1, -0.05) is 55.8 Å². The topological polar surface area (TPSA) is 50.4 Å². The molecule has 2 aromatic carbocycles. The molecule has 0 aliphatic heterocycles. The van der Waals surface area contributed by atoms with E-state index in [1.165, 1.54) is 16.7 Å². The Morgan fingerprint density at radius 1 is 1.00 bits per heavy atom. The van der Waals surface area contributed by atoms with Gasteiger partial charge in [-0.3, -0.25) is 0 Å². The van der Waals surface area contributed by atoms with E-state index in [1.807, 2.05) is 24.3 Å². The molecule has 0 bridgehead atoms. The van der Waals surface area contributed by atoms with Gasteiger partial charge in [0.15, 0.2) is 0 Å². The molecule has 0 saturated carbocycles. The molecule has 0 spiro atoms. The Bertz CT molecular complexity index is 676. The first-order valence-electron chi connectivity index (χ1n) is 8.62. The van der Waals surface area contributed by atoms with Crippen molar-refractivity contribution >= 4 is 6.03 Å². The molecule has 0 heterocycles. The average Bonchev–Trinajstić information content (AvgIpc) is 2.61. The summed E-state index contributed by atoms with van der Waals surface area (Å²) in [5.74, 6) is 0.841. The lowest BCUT2D eigenvalue weighted by Gasteiger charge is -2.26. The largest absolute Gasteiger partial charge is 0.497 e. The molecule has 4 heteroatoms. The Balaban J connectivity index is 1.75. The first-order chi connectivity index (χ1) is 11.9. The van der Waals surface area contributed by atoms with E-state index in [0.717, 1.165) is 12.2 Å². The van der Waals surface area contributed by atoms with Crippen molar-refractivity contribution in [1.82, 2.24) is 10.6 Å². The van der Waals surface area contributed by atoms with Crippen LogP contribution in [0.4, 0.5) is 4.79 Å². The zero-order valence-corrected chi connectivity index (χ0v) is 15.6. The zero-order chi connectivity index (χ0) is 18.3. The summed E-state index contributed by atoms with van der Waals surface area (Å²) in [6.45, 7) is 7.53. The van der Waals surface area contributed by atoms with Crippen LogP contribution in [0.2, 0.25) is 0 Å². The van der Waals surface area contributed by atoms with Crippen molar-refractivity contribution in [3.05, 3.63) is 65.2 Å². The van der Waals surface area contributed by atoms with E-state index in [1.54, 1.807) is 7.11 Å². The van der Waals surface area contributed by atoms with Crippen LogP contribution in [0.1, 0.15) is 30.5 Å². The van der Waals surface area contributed by atoms with Crippen LogP contribution in [0.25, 0.3) is 0 Å². The third-order valence-corrected chi connectivity index (χ3v) is 4.38. The van der Waals surface area contributed by atoms with Crippen LogP contribution in [-0.2, 0) is 11.8 Å². The molecule has 2 rings (SSSR count). The predicted molar refractivity (Wildman–Crippen MR) is 102 cm³/mol. The molecular formula is C21H28N2O2. The molecule has 0 atom stereocenters. The third-order valence-electron chi connectivity index (χ3n) is 4.38. The average molecular weight is 340 g/mol. The molecule has 0 aliphatic rings. The predicted octanol–water partition coefficient (Wildman–Crippen LogP) is 3.82. The highest BCUT2D eigenvalue weighted by atomic mass is 16.5. The first-order valence-corrected chi connectivity index (χ1v) is 8.62. The van der Waals surface area contributed by atoms with Gasteiger partial charge in [-0.25, -0.2) is 4.79 Å². The van der Waals surface area contributed by atoms with E-state index >= 15 is 0 Å². The normalized spacial score (nSPS) is 11.0. The van der Waals surface area contributed by atoms with Crippen molar-refractivity contribution in [2.75, 3.05) is 20.2 Å². The number of amides is 2. The minimum atomic E-state index is -0.131. The Morgan fingerprint density at radius 3 is 2.24 bits per heavy atom. The van der Waals surface area contributed by atoms with Crippen LogP contribution in [-0.4, -0.2) is 26.2 Å². The second kappa shape index (κ2) is 8.56. The third kappa shape index (κ3) is 5.82. The number of hydrogen-bond donors (Lipinski definition) is 2. The van der Waals surface area contributed by atoms with E-state index < -0.39 is 0 Å². The second-order valence-electron chi connectivity index (χ2n) is 6.96. The smallest absolute Gasteiger partial charge is 0.314 e. The number of ether oxygens (including phenoxy) is 1. The van der Waals surface area contributed by atoms with Gasteiger partial charge in [-0.15, -0.1) is 0 Å². The highest BCUT2D eigenvalue weighted by molar-refractivity contribution is 5.74. The highest BCUT2D eigenvalue weighted by Gasteiger charge is 2.21. The molecule has 2 aromatic rings. The molecule has 0 saturated heterocycles. The summed E-state index contributed by atoms with van der Waals surface area (Å²) >= 11 is 0. The summed E-state index contributed by atoms with van der Waals surface area (Å²) in [6, 6.07) is 16.2. The number of nitrogens with one attached hydrogen (secondary N) is 2. The van der Waals surface area contributed by atoms with E-state index in [4.69, 9.17) is 4.74 Å². The summed E-state index contributed by atoms with van der Waals surface area (Å²) in [6.07, 6.45) is 0.790. The number of carbonyl (C=O) groups is 1. The van der Waals surface area contributed by atoms with Gasteiger partial charge in [0, 0.05) is 18.5 Å². The van der Waals surface area contributed by atoms with Gasteiger partial charge in [0.2, 0.25) is 0 Å². The summed E-state index contributed by atoms with van der Waals surface area (Å²) < 4.78 is 5.14. The van der Waals surface area contributed by atoms with Gasteiger partial charge < -0.3 is 15.4 Å². The quantitative estimate of drug-likeness (QED) is 0.805. The maximum Gasteiger partial charge on any atom is 0.314 e. The van der Waals surface area contributed by atoms with Gasteiger partial charge in [0.1, 0.15) is 5.75 Å². The van der Waals surface area contributed by atoms with Crippen molar-refractivity contribution in [2.45, 2.75) is 32.6 Å². The van der Waals surface area contributed by atoms with Gasteiger partial charge in [0.25, 0.3) is 0 Å². The van der Waals surface area contributed by atoms with Crippen molar-refractivity contribution in [2.24, 2.45) is 0 Å². The standard InChI is InChI=1S/C21H28N2O2/c1-16-5-9-18(10-6-16)21(2,3)15-23-20(24)22-14-13-17-7-11-19(25-4)12-8-17/h5-12H,13-15H2,1-4H3,(H2,22,23,24). The summed E-state index contributed by atoms with van der Waals surface area (Å²) in [5.41, 5.74) is 3.52. The van der Waals surface area contributed by atoms with Crippen LogP contribution in [0, 0.1) is 6.92 Å². The molecule has 25 heavy (non-hydrogen) atoms. The molecule has 4 nitrogen and oxygen atoms in total. The Morgan fingerprint density at radius 2 is 1.64 bits per heavy atom. The summed E-state index contributed by atoms with van der Waals surface area (Å²) in [4.78, 5) is 12.0. The number of aryl methyl sites for hydroxylation is 1. The van der Waals surface area contributed by atoms with Gasteiger partial charge in [-0.2, -0.15) is 0 Å². The Hall–Kier alpha value is -2.49. The van der Waals surface area contributed by atoms with Crippen LogP contribution in [0.15, 0.2) is 48.5 Å². The van der Waals surface area contributed by atoms with Crippen molar-refractivity contribution < 1.29 is 9.53 Å². The van der Waals surface area contributed by atoms with Gasteiger partial charge >= 0.3 is 6.03 Å². The number of methoxy groups -OCH3 is 1. The molecular weight excluding hydrogens is 312 g/mol. The molecule has 2 N–H and O–H groups in total.